The van der Waals surface area contributed by atoms with Crippen LogP contribution >= 0.6 is 15.9 Å². The molecule has 0 amide bonds. The van der Waals surface area contributed by atoms with E-state index in [0.29, 0.717) is 4.47 Å². The Balaban J connectivity index is 2.37. The largest absolute Gasteiger partial charge is 0.465 e. The van der Waals surface area contributed by atoms with E-state index in [1.165, 1.54) is 6.26 Å². The lowest BCUT2D eigenvalue weighted by Gasteiger charge is -2.09. The number of halogens is 4. The summed E-state index contributed by atoms with van der Waals surface area (Å²) in [5.41, 5.74) is 0. The molecular formula is C9H10BrF3O2. The van der Waals surface area contributed by atoms with Crippen LogP contribution < -0.4 is 0 Å². The van der Waals surface area contributed by atoms with Gasteiger partial charge >= 0.3 is 6.18 Å². The number of aliphatic hydroxyl groups is 1. The minimum Gasteiger partial charge on any atom is -0.465 e. The third kappa shape index (κ3) is 4.25. The molecule has 1 aromatic heterocycles. The summed E-state index contributed by atoms with van der Waals surface area (Å²) in [6.45, 7) is 0. The summed E-state index contributed by atoms with van der Waals surface area (Å²) in [6, 6.07) is 1.59. The van der Waals surface area contributed by atoms with Crippen molar-refractivity contribution in [3.05, 3.63) is 22.6 Å². The standard InChI is InChI=1S/C9H10BrF3O2/c10-6-3-5-15-8(6)7(14)2-1-4-9(11,12)13/h3,5,7,14H,1-2,4H2. The van der Waals surface area contributed by atoms with Crippen molar-refractivity contribution in [3.8, 4) is 0 Å². The van der Waals surface area contributed by atoms with Crippen molar-refractivity contribution in [1.29, 1.82) is 0 Å². The van der Waals surface area contributed by atoms with Gasteiger partial charge in [0.2, 0.25) is 0 Å². The third-order valence-corrected chi connectivity index (χ3v) is 2.54. The molecule has 0 fully saturated rings. The summed E-state index contributed by atoms with van der Waals surface area (Å²) >= 11 is 3.12. The second kappa shape index (κ2) is 5.03. The minimum absolute atomic E-state index is 0.0334. The Kier molecular flexibility index (Phi) is 4.21. The van der Waals surface area contributed by atoms with E-state index in [9.17, 15) is 18.3 Å². The lowest BCUT2D eigenvalue weighted by Crippen LogP contribution is -2.07. The molecule has 0 aliphatic carbocycles. The molecule has 0 bridgehead atoms. The van der Waals surface area contributed by atoms with E-state index in [2.05, 4.69) is 15.9 Å². The molecule has 1 aromatic rings. The molecule has 0 spiro atoms. The fraction of sp³-hybridized carbons (Fsp3) is 0.556. The van der Waals surface area contributed by atoms with Gasteiger partial charge in [0, 0.05) is 6.42 Å². The molecule has 0 saturated heterocycles. The summed E-state index contributed by atoms with van der Waals surface area (Å²) in [5.74, 6) is 0.275. The maximum Gasteiger partial charge on any atom is 0.389 e. The number of hydrogen-bond donors (Lipinski definition) is 1. The van der Waals surface area contributed by atoms with E-state index in [1.54, 1.807) is 6.07 Å². The molecule has 0 aliphatic rings. The van der Waals surface area contributed by atoms with Crippen molar-refractivity contribution in [2.75, 3.05) is 0 Å². The summed E-state index contributed by atoms with van der Waals surface area (Å²) in [6.07, 6.45) is -4.75. The van der Waals surface area contributed by atoms with E-state index < -0.39 is 18.7 Å². The van der Waals surface area contributed by atoms with Crippen LogP contribution in [0.4, 0.5) is 13.2 Å². The van der Waals surface area contributed by atoms with Crippen LogP contribution in [-0.4, -0.2) is 11.3 Å². The van der Waals surface area contributed by atoms with Gasteiger partial charge in [0.25, 0.3) is 0 Å². The Morgan fingerprint density at radius 2 is 2.13 bits per heavy atom. The van der Waals surface area contributed by atoms with Gasteiger partial charge in [-0.2, -0.15) is 13.2 Å². The highest BCUT2D eigenvalue weighted by atomic mass is 79.9. The molecule has 1 heterocycles. The highest BCUT2D eigenvalue weighted by Crippen LogP contribution is 2.30. The first-order valence-corrected chi connectivity index (χ1v) is 5.17. The normalized spacial score (nSPS) is 14.2. The molecule has 0 saturated carbocycles. The number of alkyl halides is 3. The molecule has 86 valence electrons. The number of hydrogen-bond acceptors (Lipinski definition) is 2. The molecule has 0 radical (unpaired) electrons. The van der Waals surface area contributed by atoms with Crippen molar-refractivity contribution in [2.24, 2.45) is 0 Å². The first kappa shape index (κ1) is 12.6. The minimum atomic E-state index is -4.17. The highest BCUT2D eigenvalue weighted by molar-refractivity contribution is 9.10. The first-order valence-electron chi connectivity index (χ1n) is 4.38. The molecule has 1 N–H and O–H groups in total. The van der Waals surface area contributed by atoms with Crippen LogP contribution in [0.2, 0.25) is 0 Å². The van der Waals surface area contributed by atoms with E-state index in [1.807, 2.05) is 0 Å². The zero-order valence-electron chi connectivity index (χ0n) is 7.72. The topological polar surface area (TPSA) is 33.4 Å². The fourth-order valence-electron chi connectivity index (χ4n) is 1.17. The lowest BCUT2D eigenvalue weighted by molar-refractivity contribution is -0.136. The van der Waals surface area contributed by atoms with Gasteiger partial charge in [-0.25, -0.2) is 0 Å². The molecule has 1 atom stereocenters. The fourth-order valence-corrected chi connectivity index (χ4v) is 1.64. The molecule has 6 heteroatoms. The van der Waals surface area contributed by atoms with Crippen LogP contribution in [0.15, 0.2) is 21.2 Å². The van der Waals surface area contributed by atoms with Gasteiger partial charge in [0.1, 0.15) is 11.9 Å². The van der Waals surface area contributed by atoms with E-state index in [-0.39, 0.29) is 18.6 Å². The van der Waals surface area contributed by atoms with Crippen LogP contribution in [0, 0.1) is 0 Å². The zero-order valence-corrected chi connectivity index (χ0v) is 9.31. The van der Waals surface area contributed by atoms with Crippen molar-refractivity contribution in [2.45, 2.75) is 31.5 Å². The van der Waals surface area contributed by atoms with Crippen LogP contribution in [0.3, 0.4) is 0 Å². The van der Waals surface area contributed by atoms with E-state index in [4.69, 9.17) is 4.42 Å². The molecule has 1 unspecified atom stereocenters. The number of aliphatic hydroxyl groups excluding tert-OH is 1. The van der Waals surface area contributed by atoms with Crippen LogP contribution in [0.25, 0.3) is 0 Å². The quantitative estimate of drug-likeness (QED) is 0.913. The first-order chi connectivity index (χ1) is 6.90. The van der Waals surface area contributed by atoms with Gasteiger partial charge in [-0.3, -0.25) is 0 Å². The Hall–Kier alpha value is -0.490. The third-order valence-electron chi connectivity index (χ3n) is 1.89. The highest BCUT2D eigenvalue weighted by Gasteiger charge is 2.27. The maximum absolute atomic E-state index is 11.8. The van der Waals surface area contributed by atoms with Crippen molar-refractivity contribution in [1.82, 2.24) is 0 Å². The Morgan fingerprint density at radius 1 is 1.47 bits per heavy atom. The van der Waals surface area contributed by atoms with Gasteiger partial charge in [0.15, 0.2) is 0 Å². The van der Waals surface area contributed by atoms with Crippen LogP contribution in [0.5, 0.6) is 0 Å². The average molecular weight is 287 g/mol. The van der Waals surface area contributed by atoms with Crippen LogP contribution in [-0.2, 0) is 0 Å². The van der Waals surface area contributed by atoms with Gasteiger partial charge < -0.3 is 9.52 Å². The summed E-state index contributed by atoms with van der Waals surface area (Å²) in [5, 5.41) is 9.50. The van der Waals surface area contributed by atoms with Gasteiger partial charge in [-0.05, 0) is 34.8 Å². The number of furan rings is 1. The monoisotopic (exact) mass is 286 g/mol. The van der Waals surface area contributed by atoms with Crippen molar-refractivity contribution >= 4 is 15.9 Å². The van der Waals surface area contributed by atoms with Gasteiger partial charge in [0.05, 0.1) is 10.7 Å². The average Bonchev–Trinajstić information content (AvgIpc) is 2.48. The van der Waals surface area contributed by atoms with Crippen molar-refractivity contribution in [3.63, 3.8) is 0 Å². The van der Waals surface area contributed by atoms with E-state index in [0.717, 1.165) is 0 Å². The summed E-state index contributed by atoms with van der Waals surface area (Å²) in [7, 11) is 0. The lowest BCUT2D eigenvalue weighted by atomic mass is 10.1. The molecule has 15 heavy (non-hydrogen) atoms. The second-order valence-electron chi connectivity index (χ2n) is 3.16. The molecule has 2 nitrogen and oxygen atoms in total. The predicted octanol–water partition coefficient (Wildman–Crippen LogP) is 3.81. The molecular weight excluding hydrogens is 277 g/mol. The summed E-state index contributed by atoms with van der Waals surface area (Å²) < 4.78 is 40.9. The smallest absolute Gasteiger partial charge is 0.389 e. The Labute approximate surface area is 93.2 Å². The Morgan fingerprint density at radius 3 is 2.60 bits per heavy atom. The zero-order chi connectivity index (χ0) is 11.5. The SMILES string of the molecule is OC(CCCC(F)(F)F)c1occc1Br. The number of rotatable bonds is 4. The second-order valence-corrected chi connectivity index (χ2v) is 4.01. The Bertz CT molecular complexity index is 309. The van der Waals surface area contributed by atoms with Gasteiger partial charge in [-0.1, -0.05) is 0 Å². The van der Waals surface area contributed by atoms with Crippen molar-refractivity contribution < 1.29 is 22.7 Å². The van der Waals surface area contributed by atoms with E-state index >= 15 is 0 Å². The predicted molar refractivity (Wildman–Crippen MR) is 51.3 cm³/mol. The maximum atomic E-state index is 11.8. The summed E-state index contributed by atoms with van der Waals surface area (Å²) in [4.78, 5) is 0. The van der Waals surface area contributed by atoms with Gasteiger partial charge in [-0.15, -0.1) is 0 Å². The molecule has 1 rings (SSSR count). The van der Waals surface area contributed by atoms with Crippen LogP contribution in [0.1, 0.15) is 31.1 Å². The molecule has 0 aliphatic heterocycles. The molecule has 0 aromatic carbocycles.